The van der Waals surface area contributed by atoms with E-state index in [9.17, 15) is 9.18 Å². The van der Waals surface area contributed by atoms with E-state index < -0.39 is 0 Å². The molecule has 0 saturated carbocycles. The van der Waals surface area contributed by atoms with Crippen LogP contribution in [0.3, 0.4) is 0 Å². The van der Waals surface area contributed by atoms with Crippen LogP contribution in [0.2, 0.25) is 5.02 Å². The molecule has 0 bridgehead atoms. The second-order valence-corrected chi connectivity index (χ2v) is 5.72. The van der Waals surface area contributed by atoms with E-state index in [-0.39, 0.29) is 17.2 Å². The molecule has 1 heterocycles. The fourth-order valence-electron chi connectivity index (χ4n) is 2.37. The maximum Gasteiger partial charge on any atom is 0.297 e. The van der Waals surface area contributed by atoms with Crippen molar-refractivity contribution in [2.75, 3.05) is 5.32 Å². The molecule has 0 aliphatic carbocycles. The Bertz CT molecular complexity index is 922. The monoisotopic (exact) mass is 343 g/mol. The van der Waals surface area contributed by atoms with Crippen LogP contribution < -0.4 is 10.9 Å². The second kappa shape index (κ2) is 6.84. The van der Waals surface area contributed by atoms with Gasteiger partial charge in [0.2, 0.25) is 0 Å². The zero-order valence-corrected chi connectivity index (χ0v) is 13.7. The van der Waals surface area contributed by atoms with Gasteiger partial charge >= 0.3 is 0 Å². The zero-order chi connectivity index (χ0) is 17.1. The summed E-state index contributed by atoms with van der Waals surface area (Å²) in [5.41, 5.74) is 2.11. The average Bonchev–Trinajstić information content (AvgIpc) is 2.58. The van der Waals surface area contributed by atoms with Crippen LogP contribution in [0.15, 0.2) is 59.7 Å². The molecule has 1 N–H and O–H groups in total. The van der Waals surface area contributed by atoms with Crippen molar-refractivity contribution in [1.82, 2.24) is 9.55 Å². The Labute approximate surface area is 143 Å². The molecule has 0 aliphatic heterocycles. The molecule has 0 saturated heterocycles. The molecule has 0 atom stereocenters. The van der Waals surface area contributed by atoms with E-state index >= 15 is 0 Å². The van der Waals surface area contributed by atoms with E-state index in [2.05, 4.69) is 10.3 Å². The summed E-state index contributed by atoms with van der Waals surface area (Å²) >= 11 is 6.13. The van der Waals surface area contributed by atoms with E-state index in [1.807, 2.05) is 13.0 Å². The van der Waals surface area contributed by atoms with Crippen LogP contribution >= 0.6 is 11.6 Å². The number of anilines is 1. The van der Waals surface area contributed by atoms with Crippen LogP contribution in [-0.2, 0) is 6.54 Å². The van der Waals surface area contributed by atoms with Crippen molar-refractivity contribution < 1.29 is 4.39 Å². The smallest absolute Gasteiger partial charge is 0.297 e. The van der Waals surface area contributed by atoms with Crippen LogP contribution in [0.1, 0.15) is 11.1 Å². The van der Waals surface area contributed by atoms with Crippen LogP contribution in [0.5, 0.6) is 0 Å². The molecular formula is C18H15ClFN3O. The quantitative estimate of drug-likeness (QED) is 0.780. The molecule has 0 aliphatic rings. The highest BCUT2D eigenvalue weighted by molar-refractivity contribution is 6.31. The van der Waals surface area contributed by atoms with Crippen molar-refractivity contribution in [3.8, 4) is 5.69 Å². The fourth-order valence-corrected chi connectivity index (χ4v) is 2.54. The number of aromatic nitrogens is 2. The molecular weight excluding hydrogens is 329 g/mol. The Hall–Kier alpha value is -2.66. The lowest BCUT2D eigenvalue weighted by Gasteiger charge is -2.12. The highest BCUT2D eigenvalue weighted by Crippen LogP contribution is 2.21. The highest BCUT2D eigenvalue weighted by atomic mass is 35.5. The van der Waals surface area contributed by atoms with Gasteiger partial charge in [-0.15, -0.1) is 0 Å². The van der Waals surface area contributed by atoms with E-state index in [1.165, 1.54) is 16.7 Å². The maximum absolute atomic E-state index is 12.9. The third-order valence-corrected chi connectivity index (χ3v) is 4.12. The summed E-state index contributed by atoms with van der Waals surface area (Å²) in [5.74, 6) is -0.0726. The first-order valence-electron chi connectivity index (χ1n) is 7.38. The van der Waals surface area contributed by atoms with Gasteiger partial charge in [0.15, 0.2) is 5.82 Å². The first-order valence-corrected chi connectivity index (χ1v) is 7.75. The number of hydrogen-bond donors (Lipinski definition) is 1. The van der Waals surface area contributed by atoms with E-state index in [4.69, 9.17) is 11.6 Å². The Morgan fingerprint density at radius 1 is 1.21 bits per heavy atom. The normalized spacial score (nSPS) is 10.6. The Kier molecular flexibility index (Phi) is 4.62. The summed E-state index contributed by atoms with van der Waals surface area (Å²) in [5, 5.41) is 3.59. The number of hydrogen-bond acceptors (Lipinski definition) is 3. The highest BCUT2D eigenvalue weighted by Gasteiger charge is 2.09. The van der Waals surface area contributed by atoms with Crippen molar-refractivity contribution in [2.24, 2.45) is 0 Å². The largest absolute Gasteiger partial charge is 0.361 e. The number of nitrogens with zero attached hydrogens (tertiary/aromatic N) is 2. The average molecular weight is 344 g/mol. The van der Waals surface area contributed by atoms with Gasteiger partial charge in [-0.2, -0.15) is 0 Å². The van der Waals surface area contributed by atoms with Crippen molar-refractivity contribution in [3.63, 3.8) is 0 Å². The fraction of sp³-hybridized carbons (Fsp3) is 0.111. The molecule has 4 nitrogen and oxygen atoms in total. The lowest BCUT2D eigenvalue weighted by Crippen LogP contribution is -2.23. The van der Waals surface area contributed by atoms with Crippen molar-refractivity contribution in [1.29, 1.82) is 0 Å². The van der Waals surface area contributed by atoms with Crippen molar-refractivity contribution in [2.45, 2.75) is 13.5 Å². The van der Waals surface area contributed by atoms with Gasteiger partial charge in [-0.1, -0.05) is 29.8 Å². The predicted octanol–water partition coefficient (Wildman–Crippen LogP) is 3.95. The van der Waals surface area contributed by atoms with Gasteiger partial charge in [-0.3, -0.25) is 9.36 Å². The minimum atomic E-state index is -0.296. The number of nitrogens with one attached hydrogen (secondary N) is 1. The molecule has 24 heavy (non-hydrogen) atoms. The number of halogens is 2. The first kappa shape index (κ1) is 16.2. The van der Waals surface area contributed by atoms with E-state index in [0.29, 0.717) is 17.3 Å². The topological polar surface area (TPSA) is 46.9 Å². The summed E-state index contributed by atoms with van der Waals surface area (Å²) < 4.78 is 14.4. The molecule has 3 rings (SSSR count). The van der Waals surface area contributed by atoms with E-state index in [0.717, 1.165) is 11.1 Å². The molecule has 6 heteroatoms. The lowest BCUT2D eigenvalue weighted by molar-refractivity contribution is 0.627. The van der Waals surface area contributed by atoms with Gasteiger partial charge in [0.05, 0.1) is 5.69 Å². The zero-order valence-electron chi connectivity index (χ0n) is 13.0. The number of rotatable bonds is 4. The molecule has 0 fully saturated rings. The van der Waals surface area contributed by atoms with Gasteiger partial charge in [0.25, 0.3) is 5.56 Å². The number of benzene rings is 2. The third-order valence-electron chi connectivity index (χ3n) is 3.71. The second-order valence-electron chi connectivity index (χ2n) is 5.31. The Balaban J connectivity index is 1.90. The summed E-state index contributed by atoms with van der Waals surface area (Å²) in [6.07, 6.45) is 3.15. The minimum Gasteiger partial charge on any atom is -0.361 e. The van der Waals surface area contributed by atoms with Crippen molar-refractivity contribution >= 4 is 17.4 Å². The molecule has 0 spiro atoms. The summed E-state index contributed by atoms with van der Waals surface area (Å²) in [4.78, 5) is 16.7. The van der Waals surface area contributed by atoms with Gasteiger partial charge in [0.1, 0.15) is 5.82 Å². The maximum atomic E-state index is 12.9. The summed E-state index contributed by atoms with van der Waals surface area (Å²) in [7, 11) is 0. The van der Waals surface area contributed by atoms with Crippen molar-refractivity contribution in [3.05, 3.63) is 87.2 Å². The summed E-state index contributed by atoms with van der Waals surface area (Å²) in [6, 6.07) is 11.5. The Morgan fingerprint density at radius 2 is 1.96 bits per heavy atom. The Morgan fingerprint density at radius 3 is 2.71 bits per heavy atom. The minimum absolute atomic E-state index is 0.223. The molecule has 2 aromatic carbocycles. The standard InChI is InChI=1S/C18H15ClFN3O/c1-12-15(19)3-2-4-16(12)23-10-9-21-17(18(23)24)22-11-13-5-7-14(20)8-6-13/h2-10H,11H2,1H3,(H,21,22). The lowest BCUT2D eigenvalue weighted by atomic mass is 10.2. The third kappa shape index (κ3) is 3.31. The van der Waals surface area contributed by atoms with Crippen LogP contribution in [-0.4, -0.2) is 9.55 Å². The van der Waals surface area contributed by atoms with Gasteiger partial charge in [0, 0.05) is 24.0 Å². The summed E-state index contributed by atoms with van der Waals surface area (Å²) in [6.45, 7) is 2.23. The molecule has 0 amide bonds. The van der Waals surface area contributed by atoms with Crippen LogP contribution in [0, 0.1) is 12.7 Å². The van der Waals surface area contributed by atoms with E-state index in [1.54, 1.807) is 36.7 Å². The van der Waals surface area contributed by atoms with Gasteiger partial charge in [-0.25, -0.2) is 9.37 Å². The van der Waals surface area contributed by atoms with Gasteiger partial charge in [-0.05, 0) is 42.3 Å². The van der Waals surface area contributed by atoms with Gasteiger partial charge < -0.3 is 5.32 Å². The molecule has 0 radical (unpaired) electrons. The predicted molar refractivity (Wildman–Crippen MR) is 93.3 cm³/mol. The molecule has 122 valence electrons. The molecule has 0 unspecified atom stereocenters. The SMILES string of the molecule is Cc1c(Cl)cccc1-n1ccnc(NCc2ccc(F)cc2)c1=O. The van der Waals surface area contributed by atoms with Crippen LogP contribution in [0.25, 0.3) is 5.69 Å². The van der Waals surface area contributed by atoms with Crippen LogP contribution in [0.4, 0.5) is 10.2 Å². The molecule has 1 aromatic heterocycles. The molecule has 3 aromatic rings. The first-order chi connectivity index (χ1) is 11.6.